The summed E-state index contributed by atoms with van der Waals surface area (Å²) in [6.07, 6.45) is 1.32. The molecule has 0 atom stereocenters. The van der Waals surface area contributed by atoms with Gasteiger partial charge in [-0.25, -0.2) is 0 Å². The number of aryl methyl sites for hydroxylation is 1. The number of carbonyl (C=O) groups is 2. The second-order valence-corrected chi connectivity index (χ2v) is 7.96. The highest BCUT2D eigenvalue weighted by Crippen LogP contribution is 2.32. The maximum Gasteiger partial charge on any atom is 0.259 e. The number of piperidine rings is 1. The van der Waals surface area contributed by atoms with E-state index in [4.69, 9.17) is 16.1 Å². The Balaban J connectivity index is 1.76. The van der Waals surface area contributed by atoms with Crippen LogP contribution in [-0.4, -0.2) is 52.9 Å². The van der Waals surface area contributed by atoms with Crippen molar-refractivity contribution in [2.75, 3.05) is 20.1 Å². The monoisotopic (exact) mass is 403 g/mol. The summed E-state index contributed by atoms with van der Waals surface area (Å²) in [5, 5.41) is 4.60. The normalized spacial score (nSPS) is 15.1. The van der Waals surface area contributed by atoms with Crippen LogP contribution < -0.4 is 0 Å². The van der Waals surface area contributed by atoms with Crippen LogP contribution in [0.25, 0.3) is 11.3 Å². The van der Waals surface area contributed by atoms with Gasteiger partial charge in [0.05, 0.1) is 5.02 Å². The van der Waals surface area contributed by atoms with E-state index < -0.39 is 0 Å². The van der Waals surface area contributed by atoms with Crippen molar-refractivity contribution in [1.29, 1.82) is 0 Å². The van der Waals surface area contributed by atoms with E-state index in [1.54, 1.807) is 22.8 Å². The number of hydrogen-bond donors (Lipinski definition) is 0. The number of halogens is 1. The van der Waals surface area contributed by atoms with Gasteiger partial charge >= 0.3 is 0 Å². The van der Waals surface area contributed by atoms with Crippen molar-refractivity contribution >= 4 is 23.4 Å². The first-order valence-electron chi connectivity index (χ1n) is 9.58. The van der Waals surface area contributed by atoms with Crippen LogP contribution in [0.4, 0.5) is 0 Å². The summed E-state index contributed by atoms with van der Waals surface area (Å²) < 4.78 is 5.32. The maximum atomic E-state index is 13.2. The summed E-state index contributed by atoms with van der Waals surface area (Å²) in [4.78, 5) is 29.3. The fourth-order valence-corrected chi connectivity index (χ4v) is 3.72. The summed E-state index contributed by atoms with van der Waals surface area (Å²) in [6, 6.07) is 7.43. The molecule has 2 heterocycles. The van der Waals surface area contributed by atoms with Crippen molar-refractivity contribution in [3.63, 3.8) is 0 Å². The lowest BCUT2D eigenvalue weighted by Crippen LogP contribution is -2.45. The third kappa shape index (κ3) is 3.92. The molecule has 1 aliphatic heterocycles. The molecular formula is C21H26ClN3O3. The quantitative estimate of drug-likeness (QED) is 0.773. The molecule has 0 radical (unpaired) electrons. The first-order chi connectivity index (χ1) is 13.3. The van der Waals surface area contributed by atoms with Gasteiger partial charge in [-0.05, 0) is 39.7 Å². The first kappa shape index (κ1) is 20.4. The Labute approximate surface area is 170 Å². The lowest BCUT2D eigenvalue weighted by atomic mass is 9.94. The Bertz CT molecular complexity index is 870. The molecule has 7 heteroatoms. The standard InChI is InChI=1S/C21H26ClN3O3/c1-13(2)24(4)20(26)15-9-11-25(12-10-15)21(27)18-14(3)28-23-19(18)16-7-5-6-8-17(16)22/h5-8,13,15H,9-12H2,1-4H3. The molecule has 1 aromatic heterocycles. The minimum absolute atomic E-state index is 0.0388. The van der Waals surface area contributed by atoms with E-state index in [-0.39, 0.29) is 23.8 Å². The van der Waals surface area contributed by atoms with Crippen molar-refractivity contribution in [3.05, 3.63) is 40.6 Å². The van der Waals surface area contributed by atoms with Gasteiger partial charge in [0.2, 0.25) is 5.91 Å². The maximum absolute atomic E-state index is 13.2. The van der Waals surface area contributed by atoms with E-state index in [0.717, 1.165) is 0 Å². The average molecular weight is 404 g/mol. The molecule has 1 aliphatic rings. The highest BCUT2D eigenvalue weighted by molar-refractivity contribution is 6.33. The van der Waals surface area contributed by atoms with Crippen LogP contribution in [0.15, 0.2) is 28.8 Å². The van der Waals surface area contributed by atoms with Gasteiger partial charge in [0.25, 0.3) is 5.91 Å². The van der Waals surface area contributed by atoms with E-state index >= 15 is 0 Å². The van der Waals surface area contributed by atoms with Gasteiger partial charge in [-0.2, -0.15) is 0 Å². The fourth-order valence-electron chi connectivity index (χ4n) is 3.49. The minimum Gasteiger partial charge on any atom is -0.360 e. The van der Waals surface area contributed by atoms with Gasteiger partial charge in [0.15, 0.2) is 0 Å². The highest BCUT2D eigenvalue weighted by atomic mass is 35.5. The third-order valence-electron chi connectivity index (χ3n) is 5.46. The van der Waals surface area contributed by atoms with Gasteiger partial charge in [0.1, 0.15) is 17.0 Å². The van der Waals surface area contributed by atoms with E-state index in [9.17, 15) is 9.59 Å². The predicted molar refractivity (Wildman–Crippen MR) is 108 cm³/mol. The number of hydrogen-bond acceptors (Lipinski definition) is 4. The molecule has 0 spiro atoms. The largest absolute Gasteiger partial charge is 0.360 e. The van der Waals surface area contributed by atoms with Crippen LogP contribution in [0.3, 0.4) is 0 Å². The first-order valence-corrected chi connectivity index (χ1v) is 9.96. The van der Waals surface area contributed by atoms with Gasteiger partial charge in [-0.3, -0.25) is 9.59 Å². The van der Waals surface area contributed by atoms with Crippen molar-refractivity contribution < 1.29 is 14.1 Å². The third-order valence-corrected chi connectivity index (χ3v) is 5.79. The Morgan fingerprint density at radius 2 is 1.89 bits per heavy atom. The van der Waals surface area contributed by atoms with E-state index in [1.807, 2.05) is 39.1 Å². The van der Waals surface area contributed by atoms with E-state index in [2.05, 4.69) is 5.16 Å². The lowest BCUT2D eigenvalue weighted by molar-refractivity contribution is -0.137. The lowest BCUT2D eigenvalue weighted by Gasteiger charge is -2.34. The van der Waals surface area contributed by atoms with Crippen LogP contribution in [0.5, 0.6) is 0 Å². The number of rotatable bonds is 4. The molecule has 0 aliphatic carbocycles. The van der Waals surface area contributed by atoms with Crippen molar-refractivity contribution in [2.24, 2.45) is 5.92 Å². The minimum atomic E-state index is -0.128. The molecule has 0 saturated carbocycles. The van der Waals surface area contributed by atoms with Crippen LogP contribution >= 0.6 is 11.6 Å². The number of amides is 2. The van der Waals surface area contributed by atoms with Crippen LogP contribution in [-0.2, 0) is 4.79 Å². The zero-order valence-corrected chi connectivity index (χ0v) is 17.5. The molecule has 1 aromatic carbocycles. The second kappa shape index (κ2) is 8.35. The zero-order chi connectivity index (χ0) is 20.4. The summed E-state index contributed by atoms with van der Waals surface area (Å²) in [5.74, 6) is 0.456. The molecule has 0 N–H and O–H groups in total. The number of benzene rings is 1. The molecule has 6 nitrogen and oxygen atoms in total. The number of aromatic nitrogens is 1. The molecule has 1 fully saturated rings. The average Bonchev–Trinajstić information content (AvgIpc) is 3.07. The molecule has 28 heavy (non-hydrogen) atoms. The molecule has 0 unspecified atom stereocenters. The molecular weight excluding hydrogens is 378 g/mol. The van der Waals surface area contributed by atoms with E-state index in [1.165, 1.54) is 0 Å². The number of nitrogens with zero attached hydrogens (tertiary/aromatic N) is 3. The van der Waals surface area contributed by atoms with Gasteiger partial charge < -0.3 is 14.3 Å². The van der Waals surface area contributed by atoms with Crippen LogP contribution in [0.1, 0.15) is 42.8 Å². The SMILES string of the molecule is Cc1onc(-c2ccccc2Cl)c1C(=O)N1CCC(C(=O)N(C)C(C)C)CC1. The predicted octanol–water partition coefficient (Wildman–Crippen LogP) is 4.02. The van der Waals surface area contributed by atoms with Crippen molar-refractivity contribution in [3.8, 4) is 11.3 Å². The van der Waals surface area contributed by atoms with Gasteiger partial charge in [0, 0.05) is 37.7 Å². The summed E-state index contributed by atoms with van der Waals surface area (Å²) in [6.45, 7) is 6.80. The Kier molecular flexibility index (Phi) is 6.08. The molecule has 0 bridgehead atoms. The topological polar surface area (TPSA) is 66.7 Å². The Morgan fingerprint density at radius 3 is 2.50 bits per heavy atom. The van der Waals surface area contributed by atoms with Crippen LogP contribution in [0.2, 0.25) is 5.02 Å². The second-order valence-electron chi connectivity index (χ2n) is 7.55. The van der Waals surface area contributed by atoms with Gasteiger partial charge in [-0.15, -0.1) is 0 Å². The molecule has 3 rings (SSSR count). The molecule has 2 aromatic rings. The summed E-state index contributed by atoms with van der Waals surface area (Å²) in [7, 11) is 1.83. The summed E-state index contributed by atoms with van der Waals surface area (Å²) >= 11 is 6.29. The van der Waals surface area contributed by atoms with Crippen LogP contribution in [0, 0.1) is 12.8 Å². The van der Waals surface area contributed by atoms with E-state index in [0.29, 0.717) is 53.5 Å². The van der Waals surface area contributed by atoms with Crippen molar-refractivity contribution in [2.45, 2.75) is 39.7 Å². The summed E-state index contributed by atoms with van der Waals surface area (Å²) in [5.41, 5.74) is 1.58. The fraction of sp³-hybridized carbons (Fsp3) is 0.476. The highest BCUT2D eigenvalue weighted by Gasteiger charge is 2.33. The molecule has 150 valence electrons. The zero-order valence-electron chi connectivity index (χ0n) is 16.7. The number of likely N-dealkylation sites (tertiary alicyclic amines) is 1. The molecule has 2 amide bonds. The molecule has 1 saturated heterocycles. The number of carbonyl (C=O) groups excluding carboxylic acids is 2. The Hall–Kier alpha value is -2.34. The Morgan fingerprint density at radius 1 is 1.25 bits per heavy atom. The van der Waals surface area contributed by atoms with Gasteiger partial charge in [-0.1, -0.05) is 35.0 Å². The smallest absolute Gasteiger partial charge is 0.259 e. The van der Waals surface area contributed by atoms with Crippen molar-refractivity contribution in [1.82, 2.24) is 15.0 Å².